The minimum absolute atomic E-state index is 0.0103. The molecule has 0 unspecified atom stereocenters. The predicted octanol–water partition coefficient (Wildman–Crippen LogP) is 6.87. The van der Waals surface area contributed by atoms with E-state index in [1.54, 1.807) is 0 Å². The van der Waals surface area contributed by atoms with E-state index in [9.17, 15) is 9.59 Å². The van der Waals surface area contributed by atoms with Crippen molar-refractivity contribution in [3.63, 3.8) is 0 Å². The van der Waals surface area contributed by atoms with Crippen molar-refractivity contribution in [1.82, 2.24) is 0 Å². The van der Waals surface area contributed by atoms with Crippen molar-refractivity contribution in [3.05, 3.63) is 120 Å². The zero-order valence-electron chi connectivity index (χ0n) is 16.6. The molecule has 0 aliphatic carbocycles. The van der Waals surface area contributed by atoms with Crippen molar-refractivity contribution in [2.75, 3.05) is 0 Å². The number of hydrogen-bond acceptors (Lipinski definition) is 2. The Bertz CT molecular complexity index is 1030. The van der Waals surface area contributed by atoms with E-state index in [1.165, 1.54) is 0 Å². The van der Waals surface area contributed by atoms with Gasteiger partial charge in [0, 0.05) is 24.0 Å². The summed E-state index contributed by atoms with van der Waals surface area (Å²) in [6.07, 6.45) is 0.425. The van der Waals surface area contributed by atoms with Gasteiger partial charge in [-0.3, -0.25) is 9.59 Å². The van der Waals surface area contributed by atoms with Gasteiger partial charge in [-0.05, 0) is 22.3 Å². The number of hydrogen-bond donors (Lipinski definition) is 0. The molecule has 0 spiro atoms. The summed E-state index contributed by atoms with van der Waals surface area (Å²) in [7, 11) is 0. The maximum atomic E-state index is 12.5. The zero-order valence-corrected chi connectivity index (χ0v) is 16.6. The highest BCUT2D eigenvalue weighted by Crippen LogP contribution is 2.22. The van der Waals surface area contributed by atoms with Crippen LogP contribution in [0.4, 0.5) is 0 Å². The first-order valence-corrected chi connectivity index (χ1v) is 10.1. The molecule has 0 heterocycles. The Balaban J connectivity index is 1.36. The van der Waals surface area contributed by atoms with Crippen LogP contribution in [0.3, 0.4) is 0 Å². The quantitative estimate of drug-likeness (QED) is 0.323. The average Bonchev–Trinajstić information content (AvgIpc) is 2.83. The van der Waals surface area contributed by atoms with E-state index in [4.69, 9.17) is 0 Å². The highest BCUT2D eigenvalue weighted by molar-refractivity contribution is 6.02. The fraction of sp³-hybridized carbons (Fsp3) is 0.0714. The number of rotatable bonds is 7. The van der Waals surface area contributed by atoms with Gasteiger partial charge in [0.2, 0.25) is 0 Å². The van der Waals surface area contributed by atoms with Gasteiger partial charge in [-0.2, -0.15) is 0 Å². The topological polar surface area (TPSA) is 34.1 Å². The second-order valence-electron chi connectivity index (χ2n) is 7.23. The SMILES string of the molecule is O=C(CCC(=O)c1ccc(-c2ccccc2)cc1)c1ccc(-c2ccccc2)cc1. The Labute approximate surface area is 176 Å². The average molecular weight is 390 g/mol. The maximum absolute atomic E-state index is 12.5. The lowest BCUT2D eigenvalue weighted by Gasteiger charge is -2.06. The van der Waals surface area contributed by atoms with Gasteiger partial charge in [-0.1, -0.05) is 109 Å². The summed E-state index contributed by atoms with van der Waals surface area (Å²) in [5.41, 5.74) is 5.66. The van der Waals surface area contributed by atoms with Crippen LogP contribution >= 0.6 is 0 Å². The van der Waals surface area contributed by atoms with Gasteiger partial charge in [0.25, 0.3) is 0 Å². The molecule has 0 fully saturated rings. The second-order valence-corrected chi connectivity index (χ2v) is 7.23. The first kappa shape index (κ1) is 19.5. The van der Waals surface area contributed by atoms with Crippen LogP contribution in [0.2, 0.25) is 0 Å². The van der Waals surface area contributed by atoms with Crippen molar-refractivity contribution in [2.24, 2.45) is 0 Å². The Morgan fingerprint density at radius 2 is 0.700 bits per heavy atom. The highest BCUT2D eigenvalue weighted by atomic mass is 16.1. The molecule has 0 radical (unpaired) electrons. The molecule has 30 heavy (non-hydrogen) atoms. The van der Waals surface area contributed by atoms with Crippen molar-refractivity contribution >= 4 is 11.6 Å². The van der Waals surface area contributed by atoms with Crippen molar-refractivity contribution in [1.29, 1.82) is 0 Å². The van der Waals surface area contributed by atoms with E-state index < -0.39 is 0 Å². The molecule has 0 aliphatic heterocycles. The molecule has 2 heteroatoms. The number of carbonyl (C=O) groups excluding carboxylic acids is 2. The summed E-state index contributed by atoms with van der Waals surface area (Å²) in [6.45, 7) is 0. The standard InChI is InChI=1S/C28H22O2/c29-27(25-15-11-23(12-16-25)21-7-3-1-4-8-21)19-20-28(30)26-17-13-24(14-18-26)22-9-5-2-6-10-22/h1-18H,19-20H2. The van der Waals surface area contributed by atoms with Crippen molar-refractivity contribution in [2.45, 2.75) is 12.8 Å². The van der Waals surface area contributed by atoms with Gasteiger partial charge in [-0.15, -0.1) is 0 Å². The molecule has 0 saturated carbocycles. The fourth-order valence-corrected chi connectivity index (χ4v) is 3.47. The summed E-state index contributed by atoms with van der Waals surface area (Å²) in [6, 6.07) is 35.2. The third kappa shape index (κ3) is 4.61. The minimum atomic E-state index is -0.0103. The second kappa shape index (κ2) is 9.15. The predicted molar refractivity (Wildman–Crippen MR) is 122 cm³/mol. The molecule has 146 valence electrons. The van der Waals surface area contributed by atoms with E-state index in [0.717, 1.165) is 22.3 Å². The lowest BCUT2D eigenvalue weighted by molar-refractivity contribution is 0.0917. The molecule has 0 atom stereocenters. The Morgan fingerprint density at radius 1 is 0.400 bits per heavy atom. The van der Waals surface area contributed by atoms with E-state index in [0.29, 0.717) is 11.1 Å². The van der Waals surface area contributed by atoms with Gasteiger partial charge < -0.3 is 0 Å². The van der Waals surface area contributed by atoms with E-state index in [1.807, 2.05) is 109 Å². The molecule has 2 nitrogen and oxygen atoms in total. The maximum Gasteiger partial charge on any atom is 0.163 e. The molecule has 0 N–H and O–H groups in total. The summed E-state index contributed by atoms with van der Waals surface area (Å²) in [5, 5.41) is 0. The summed E-state index contributed by atoms with van der Waals surface area (Å²) in [4.78, 5) is 25.0. The zero-order chi connectivity index (χ0) is 20.8. The Hall–Kier alpha value is -3.78. The van der Waals surface area contributed by atoms with E-state index >= 15 is 0 Å². The lowest BCUT2D eigenvalue weighted by atomic mass is 9.98. The van der Waals surface area contributed by atoms with Crippen LogP contribution in [0, 0.1) is 0 Å². The number of benzene rings is 4. The molecular formula is C28H22O2. The minimum Gasteiger partial charge on any atom is -0.294 e. The third-order valence-corrected chi connectivity index (χ3v) is 5.21. The number of Topliss-reactive ketones (excluding diaryl/α,β-unsaturated/α-hetero) is 2. The monoisotopic (exact) mass is 390 g/mol. The summed E-state index contributed by atoms with van der Waals surface area (Å²) >= 11 is 0. The molecule has 0 amide bonds. The normalized spacial score (nSPS) is 10.5. The molecule has 4 rings (SSSR count). The Kier molecular flexibility index (Phi) is 5.95. The van der Waals surface area contributed by atoms with E-state index in [-0.39, 0.29) is 24.4 Å². The van der Waals surface area contributed by atoms with Gasteiger partial charge in [0.05, 0.1) is 0 Å². The van der Waals surface area contributed by atoms with Crippen molar-refractivity contribution < 1.29 is 9.59 Å². The first-order valence-electron chi connectivity index (χ1n) is 10.1. The smallest absolute Gasteiger partial charge is 0.163 e. The highest BCUT2D eigenvalue weighted by Gasteiger charge is 2.12. The Morgan fingerprint density at radius 3 is 1.03 bits per heavy atom. The summed E-state index contributed by atoms with van der Waals surface area (Å²) in [5.74, 6) is -0.0206. The number of ketones is 2. The third-order valence-electron chi connectivity index (χ3n) is 5.21. The van der Waals surface area contributed by atoms with Crippen LogP contribution < -0.4 is 0 Å². The molecule has 0 bridgehead atoms. The summed E-state index contributed by atoms with van der Waals surface area (Å²) < 4.78 is 0. The molecular weight excluding hydrogens is 368 g/mol. The van der Waals surface area contributed by atoms with Crippen LogP contribution in [0.25, 0.3) is 22.3 Å². The van der Waals surface area contributed by atoms with Crippen LogP contribution in [0.1, 0.15) is 33.6 Å². The molecule has 0 aliphatic rings. The fourth-order valence-electron chi connectivity index (χ4n) is 3.47. The van der Waals surface area contributed by atoms with Gasteiger partial charge >= 0.3 is 0 Å². The van der Waals surface area contributed by atoms with Crippen LogP contribution in [0.15, 0.2) is 109 Å². The van der Waals surface area contributed by atoms with E-state index in [2.05, 4.69) is 0 Å². The molecule has 0 saturated heterocycles. The largest absolute Gasteiger partial charge is 0.294 e. The van der Waals surface area contributed by atoms with Crippen LogP contribution in [0.5, 0.6) is 0 Å². The van der Waals surface area contributed by atoms with Crippen molar-refractivity contribution in [3.8, 4) is 22.3 Å². The molecule has 4 aromatic rings. The first-order chi connectivity index (χ1) is 14.7. The van der Waals surface area contributed by atoms with Crippen LogP contribution in [-0.4, -0.2) is 11.6 Å². The van der Waals surface area contributed by atoms with Gasteiger partial charge in [0.15, 0.2) is 11.6 Å². The van der Waals surface area contributed by atoms with Gasteiger partial charge in [0.1, 0.15) is 0 Å². The molecule has 4 aromatic carbocycles. The number of carbonyl (C=O) groups is 2. The lowest BCUT2D eigenvalue weighted by Crippen LogP contribution is -2.05. The molecule has 0 aromatic heterocycles. The van der Waals surface area contributed by atoms with Gasteiger partial charge in [-0.25, -0.2) is 0 Å². The van der Waals surface area contributed by atoms with Crippen LogP contribution in [-0.2, 0) is 0 Å².